The molecule has 0 atom stereocenters. The van der Waals surface area contributed by atoms with E-state index < -0.39 is 0 Å². The summed E-state index contributed by atoms with van der Waals surface area (Å²) < 4.78 is 0.598. The van der Waals surface area contributed by atoms with Gasteiger partial charge in [-0.15, -0.1) is 0 Å². The summed E-state index contributed by atoms with van der Waals surface area (Å²) in [4.78, 5) is 13.9. The van der Waals surface area contributed by atoms with E-state index in [1.807, 2.05) is 12.5 Å². The number of hydrogen-bond donors (Lipinski definition) is 1. The van der Waals surface area contributed by atoms with Gasteiger partial charge < -0.3 is 5.11 Å². The first-order valence-electron chi connectivity index (χ1n) is 7.47. The van der Waals surface area contributed by atoms with Crippen molar-refractivity contribution in [3.05, 3.63) is 0 Å². The van der Waals surface area contributed by atoms with Crippen LogP contribution in [0.15, 0.2) is 10.3 Å². The maximum Gasteiger partial charge on any atom is 0.334 e. The molecule has 0 aliphatic carbocycles. The first-order chi connectivity index (χ1) is 10.1. The van der Waals surface area contributed by atoms with Crippen LogP contribution in [0.2, 0.25) is 0 Å². The molecule has 22 heavy (non-hydrogen) atoms. The molecule has 1 aromatic rings. The number of piperidine rings is 1. The van der Waals surface area contributed by atoms with Crippen LogP contribution >= 0.6 is 23.5 Å². The van der Waals surface area contributed by atoms with Gasteiger partial charge in [-0.3, -0.25) is 4.48 Å². The van der Waals surface area contributed by atoms with Crippen molar-refractivity contribution < 1.29 is 5.11 Å². The van der Waals surface area contributed by atoms with Crippen LogP contribution in [0.4, 0.5) is 5.95 Å². The van der Waals surface area contributed by atoms with Crippen molar-refractivity contribution in [3.63, 3.8) is 0 Å². The zero-order valence-electron chi connectivity index (χ0n) is 14.5. The second-order valence-corrected chi connectivity index (χ2v) is 8.85. The fraction of sp³-hybridized carbons (Fsp3) is 0.800. The number of nitrogens with zero attached hydrogens (tertiary/aromatic N) is 4. The number of quaternary nitrogens is 1. The smallest absolute Gasteiger partial charge is 0.334 e. The third-order valence-electron chi connectivity index (χ3n) is 5.24. The molecule has 1 saturated heterocycles. The van der Waals surface area contributed by atoms with E-state index in [0.717, 1.165) is 29.1 Å². The van der Waals surface area contributed by atoms with E-state index in [1.54, 1.807) is 23.5 Å². The molecule has 0 unspecified atom stereocenters. The largest absolute Gasteiger partial charge is 0.393 e. The number of aliphatic hydroxyl groups is 1. The van der Waals surface area contributed by atoms with Crippen molar-refractivity contribution in [1.29, 1.82) is 0 Å². The Morgan fingerprint density at radius 2 is 1.36 bits per heavy atom. The lowest BCUT2D eigenvalue weighted by Gasteiger charge is -2.58. The quantitative estimate of drug-likeness (QED) is 0.672. The van der Waals surface area contributed by atoms with Crippen LogP contribution < -0.4 is 4.48 Å². The third-order valence-corrected chi connectivity index (χ3v) is 6.33. The molecule has 0 bridgehead atoms. The summed E-state index contributed by atoms with van der Waals surface area (Å²) in [5.41, 5.74) is -0.318. The normalized spacial score (nSPS) is 30.3. The van der Waals surface area contributed by atoms with Gasteiger partial charge in [0.2, 0.25) is 0 Å². The average molecular weight is 344 g/mol. The van der Waals surface area contributed by atoms with Gasteiger partial charge in [0.15, 0.2) is 10.3 Å². The molecule has 1 aliphatic heterocycles. The maximum absolute atomic E-state index is 10.3. The van der Waals surface area contributed by atoms with E-state index in [1.165, 1.54) is 0 Å². The minimum Gasteiger partial charge on any atom is -0.393 e. The molecule has 0 radical (unpaired) electrons. The van der Waals surface area contributed by atoms with E-state index >= 15 is 0 Å². The van der Waals surface area contributed by atoms with Crippen LogP contribution in [0, 0.1) is 0 Å². The highest BCUT2D eigenvalue weighted by Gasteiger charge is 2.59. The van der Waals surface area contributed by atoms with Gasteiger partial charge in [-0.25, -0.2) is 0 Å². The van der Waals surface area contributed by atoms with Crippen molar-refractivity contribution in [2.75, 3.05) is 19.6 Å². The van der Waals surface area contributed by atoms with E-state index in [-0.39, 0.29) is 17.2 Å². The van der Waals surface area contributed by atoms with Crippen molar-refractivity contribution >= 4 is 29.5 Å². The number of hydrogen-bond acceptors (Lipinski definition) is 6. The second-order valence-electron chi connectivity index (χ2n) is 7.30. The average Bonchev–Trinajstić information content (AvgIpc) is 2.42. The SMILES string of the molecule is CSc1nc(SC)nc([N+]2(C)C(C)(C)CC(O)CC2(C)C)n1. The zero-order chi connectivity index (χ0) is 16.8. The summed E-state index contributed by atoms with van der Waals surface area (Å²) in [6.45, 7) is 8.77. The predicted octanol–water partition coefficient (Wildman–Crippen LogP) is 2.96. The summed E-state index contributed by atoms with van der Waals surface area (Å²) in [6, 6.07) is 0. The van der Waals surface area contributed by atoms with Gasteiger partial charge >= 0.3 is 5.95 Å². The monoisotopic (exact) mass is 343 g/mol. The molecule has 1 fully saturated rings. The Balaban J connectivity index is 2.65. The molecule has 0 aromatic carbocycles. The number of rotatable bonds is 3. The number of thioether (sulfide) groups is 2. The summed E-state index contributed by atoms with van der Waals surface area (Å²) in [6.07, 6.45) is 5.17. The molecule has 0 spiro atoms. The number of aliphatic hydroxyl groups excluding tert-OH is 1. The molecule has 0 saturated carbocycles. The molecule has 0 amide bonds. The number of aromatic nitrogens is 3. The first-order valence-corrected chi connectivity index (χ1v) is 9.92. The Labute approximate surface area is 141 Å². The van der Waals surface area contributed by atoms with E-state index in [9.17, 15) is 5.11 Å². The van der Waals surface area contributed by atoms with Crippen molar-refractivity contribution in [2.24, 2.45) is 0 Å². The number of likely N-dealkylation sites (tertiary alicyclic amines) is 1. The Morgan fingerprint density at radius 3 is 1.73 bits per heavy atom. The highest BCUT2D eigenvalue weighted by Crippen LogP contribution is 2.46. The van der Waals surface area contributed by atoms with Crippen LogP contribution in [0.5, 0.6) is 0 Å². The molecule has 2 heterocycles. The van der Waals surface area contributed by atoms with Gasteiger partial charge in [-0.05, 0) is 40.2 Å². The summed E-state index contributed by atoms with van der Waals surface area (Å²) in [5.74, 6) is 0.797. The molecular formula is C15H27N4OS2+. The summed E-state index contributed by atoms with van der Waals surface area (Å²) in [7, 11) is 2.19. The van der Waals surface area contributed by atoms with Gasteiger partial charge in [0.1, 0.15) is 11.1 Å². The highest BCUT2D eigenvalue weighted by molar-refractivity contribution is 7.99. The lowest BCUT2D eigenvalue weighted by molar-refractivity contribution is -0.0630. The minimum atomic E-state index is -0.280. The van der Waals surface area contributed by atoms with Gasteiger partial charge in [0.05, 0.1) is 13.2 Å². The van der Waals surface area contributed by atoms with Gasteiger partial charge in [0, 0.05) is 12.8 Å². The Bertz CT molecular complexity index is 522. The second kappa shape index (κ2) is 5.92. The molecule has 124 valence electrons. The summed E-state index contributed by atoms with van der Waals surface area (Å²) >= 11 is 3.08. The van der Waals surface area contributed by atoms with Crippen LogP contribution in [-0.2, 0) is 0 Å². The fourth-order valence-corrected chi connectivity index (χ4v) is 4.42. The molecule has 1 aliphatic rings. The third kappa shape index (κ3) is 2.77. The zero-order valence-corrected chi connectivity index (χ0v) is 16.2. The standard InChI is InChI=1S/C15H27N4OS2/c1-14(2)8-10(20)9-15(3,4)19(14,5)11-16-12(21-6)18-13(17-11)22-7/h10,20H,8-9H2,1-7H3/q+1. The van der Waals surface area contributed by atoms with Crippen molar-refractivity contribution in [3.8, 4) is 0 Å². The predicted molar refractivity (Wildman–Crippen MR) is 94.5 cm³/mol. The molecule has 1 N–H and O–H groups in total. The van der Waals surface area contributed by atoms with Crippen molar-refractivity contribution in [2.45, 2.75) is 68.0 Å². The first kappa shape index (κ1) is 18.0. The van der Waals surface area contributed by atoms with E-state index in [0.29, 0.717) is 4.48 Å². The van der Waals surface area contributed by atoms with Crippen LogP contribution in [0.1, 0.15) is 40.5 Å². The van der Waals surface area contributed by atoms with Gasteiger partial charge in [-0.1, -0.05) is 23.5 Å². The fourth-order valence-electron chi connectivity index (χ4n) is 3.66. The minimum absolute atomic E-state index is 0.159. The molecule has 7 heteroatoms. The molecule has 1 aromatic heterocycles. The van der Waals surface area contributed by atoms with E-state index in [4.69, 9.17) is 9.97 Å². The lowest BCUT2D eigenvalue weighted by Crippen LogP contribution is -2.75. The van der Waals surface area contributed by atoms with Crippen LogP contribution in [-0.4, -0.2) is 56.8 Å². The highest BCUT2D eigenvalue weighted by atomic mass is 32.2. The lowest BCUT2D eigenvalue weighted by atomic mass is 9.75. The molecular weight excluding hydrogens is 316 g/mol. The van der Waals surface area contributed by atoms with Crippen LogP contribution in [0.3, 0.4) is 0 Å². The Hall–Kier alpha value is -0.370. The Morgan fingerprint density at radius 1 is 0.955 bits per heavy atom. The topological polar surface area (TPSA) is 58.9 Å². The van der Waals surface area contributed by atoms with Gasteiger partial charge in [0.25, 0.3) is 0 Å². The summed E-state index contributed by atoms with van der Waals surface area (Å²) in [5, 5.41) is 11.8. The Kier molecular flexibility index (Phi) is 4.84. The van der Waals surface area contributed by atoms with Gasteiger partial charge in [-0.2, -0.15) is 15.0 Å². The van der Waals surface area contributed by atoms with Crippen molar-refractivity contribution in [1.82, 2.24) is 19.4 Å². The molecule has 2 rings (SSSR count). The van der Waals surface area contributed by atoms with Crippen LogP contribution in [0.25, 0.3) is 0 Å². The van der Waals surface area contributed by atoms with E-state index in [2.05, 4.69) is 39.7 Å². The molecule has 5 nitrogen and oxygen atoms in total. The maximum atomic E-state index is 10.3.